The molecule has 2 aliphatic heterocycles. The summed E-state index contributed by atoms with van der Waals surface area (Å²) in [6.07, 6.45) is 7.33. The average Bonchev–Trinajstić information content (AvgIpc) is 2.66. The minimum Gasteiger partial charge on any atom is -0.338 e. The number of piperidine rings is 1. The van der Waals surface area contributed by atoms with Crippen LogP contribution >= 0.6 is 0 Å². The molecule has 0 radical (unpaired) electrons. The van der Waals surface area contributed by atoms with Gasteiger partial charge in [-0.2, -0.15) is 0 Å². The Labute approximate surface area is 111 Å². The Morgan fingerprint density at radius 3 is 2.28 bits per heavy atom. The molecule has 18 heavy (non-hydrogen) atoms. The van der Waals surface area contributed by atoms with Gasteiger partial charge in [-0.25, -0.2) is 4.79 Å². The second-order valence-electron chi connectivity index (χ2n) is 5.83. The highest BCUT2D eigenvalue weighted by molar-refractivity contribution is 5.74. The summed E-state index contributed by atoms with van der Waals surface area (Å²) in [5.41, 5.74) is 0. The van der Waals surface area contributed by atoms with Crippen molar-refractivity contribution in [1.82, 2.24) is 15.1 Å². The molecule has 0 saturated carbocycles. The number of carbonyl (C=O) groups excluding carboxylic acids is 1. The van der Waals surface area contributed by atoms with Crippen molar-refractivity contribution in [3.8, 4) is 0 Å². The lowest BCUT2D eigenvalue weighted by molar-refractivity contribution is 0.187. The third-order valence-corrected chi connectivity index (χ3v) is 4.27. The first-order chi connectivity index (χ1) is 8.75. The van der Waals surface area contributed by atoms with Crippen molar-refractivity contribution in [2.45, 2.75) is 38.5 Å². The molecule has 2 amide bonds. The molecule has 104 valence electrons. The third-order valence-electron chi connectivity index (χ3n) is 4.27. The van der Waals surface area contributed by atoms with Gasteiger partial charge in [0, 0.05) is 19.6 Å². The summed E-state index contributed by atoms with van der Waals surface area (Å²) in [6, 6.07) is 0.163. The van der Waals surface area contributed by atoms with Crippen LogP contribution in [0.4, 0.5) is 4.79 Å². The SMILES string of the molecule is CN1CCC(CNC(=O)N2CCCCCC2)CC1. The van der Waals surface area contributed by atoms with Crippen LogP contribution in [0.25, 0.3) is 0 Å². The number of nitrogens with one attached hydrogen (secondary N) is 1. The van der Waals surface area contributed by atoms with Crippen molar-refractivity contribution in [3.05, 3.63) is 0 Å². The molecule has 0 unspecified atom stereocenters. The van der Waals surface area contributed by atoms with Gasteiger partial charge >= 0.3 is 6.03 Å². The van der Waals surface area contributed by atoms with Crippen LogP contribution in [0.3, 0.4) is 0 Å². The zero-order valence-corrected chi connectivity index (χ0v) is 11.7. The third kappa shape index (κ3) is 4.16. The fourth-order valence-corrected chi connectivity index (χ4v) is 2.88. The molecule has 2 saturated heterocycles. The average molecular weight is 253 g/mol. The normalized spacial score (nSPS) is 23.7. The first kappa shape index (κ1) is 13.7. The number of hydrogen-bond donors (Lipinski definition) is 1. The number of amides is 2. The minimum absolute atomic E-state index is 0.163. The molecule has 4 heteroatoms. The largest absolute Gasteiger partial charge is 0.338 e. The fourth-order valence-electron chi connectivity index (χ4n) is 2.88. The minimum atomic E-state index is 0.163. The van der Waals surface area contributed by atoms with Crippen molar-refractivity contribution in [2.75, 3.05) is 39.8 Å². The number of likely N-dealkylation sites (tertiary alicyclic amines) is 2. The highest BCUT2D eigenvalue weighted by Crippen LogP contribution is 2.15. The van der Waals surface area contributed by atoms with Crippen LogP contribution in [0.2, 0.25) is 0 Å². The Hall–Kier alpha value is -0.770. The summed E-state index contributed by atoms with van der Waals surface area (Å²) in [5, 5.41) is 3.13. The van der Waals surface area contributed by atoms with E-state index in [-0.39, 0.29) is 6.03 Å². The maximum atomic E-state index is 12.1. The molecule has 0 aromatic carbocycles. The number of carbonyl (C=O) groups is 1. The molecule has 0 aromatic rings. The van der Waals surface area contributed by atoms with Gasteiger partial charge in [0.25, 0.3) is 0 Å². The molecule has 2 fully saturated rings. The Bertz CT molecular complexity index is 254. The van der Waals surface area contributed by atoms with Gasteiger partial charge in [0.1, 0.15) is 0 Å². The molecular formula is C14H27N3O. The van der Waals surface area contributed by atoms with Crippen LogP contribution in [0, 0.1) is 5.92 Å². The van der Waals surface area contributed by atoms with E-state index in [1.165, 1.54) is 51.6 Å². The monoisotopic (exact) mass is 253 g/mol. The number of nitrogens with zero attached hydrogens (tertiary/aromatic N) is 2. The molecular weight excluding hydrogens is 226 g/mol. The van der Waals surface area contributed by atoms with E-state index in [0.717, 1.165) is 19.6 Å². The maximum absolute atomic E-state index is 12.1. The summed E-state index contributed by atoms with van der Waals surface area (Å²) in [6.45, 7) is 5.09. The Kier molecular flexibility index (Phi) is 5.29. The zero-order chi connectivity index (χ0) is 12.8. The molecule has 2 aliphatic rings. The lowest BCUT2D eigenvalue weighted by Gasteiger charge is -2.30. The lowest BCUT2D eigenvalue weighted by Crippen LogP contribution is -2.43. The summed E-state index contributed by atoms with van der Waals surface area (Å²) in [4.78, 5) is 16.4. The summed E-state index contributed by atoms with van der Waals surface area (Å²) in [5.74, 6) is 0.678. The zero-order valence-electron chi connectivity index (χ0n) is 11.7. The van der Waals surface area contributed by atoms with E-state index in [4.69, 9.17) is 0 Å². The van der Waals surface area contributed by atoms with Gasteiger partial charge in [-0.15, -0.1) is 0 Å². The van der Waals surface area contributed by atoms with Crippen LogP contribution in [0.15, 0.2) is 0 Å². The molecule has 2 heterocycles. The van der Waals surface area contributed by atoms with Crippen molar-refractivity contribution < 1.29 is 4.79 Å². The Balaban J connectivity index is 1.67. The van der Waals surface area contributed by atoms with E-state index >= 15 is 0 Å². The lowest BCUT2D eigenvalue weighted by atomic mass is 9.97. The van der Waals surface area contributed by atoms with Gasteiger partial charge in [-0.1, -0.05) is 12.8 Å². The number of urea groups is 1. The second kappa shape index (κ2) is 6.98. The predicted molar refractivity (Wildman–Crippen MR) is 73.7 cm³/mol. The quantitative estimate of drug-likeness (QED) is 0.816. The van der Waals surface area contributed by atoms with Gasteiger partial charge in [-0.3, -0.25) is 0 Å². The fraction of sp³-hybridized carbons (Fsp3) is 0.929. The molecule has 2 rings (SSSR count). The van der Waals surface area contributed by atoms with Crippen molar-refractivity contribution >= 4 is 6.03 Å². The topological polar surface area (TPSA) is 35.6 Å². The molecule has 1 N–H and O–H groups in total. The van der Waals surface area contributed by atoms with E-state index < -0.39 is 0 Å². The second-order valence-corrected chi connectivity index (χ2v) is 5.83. The summed E-state index contributed by atoms with van der Waals surface area (Å²) in [7, 11) is 2.17. The van der Waals surface area contributed by atoms with Crippen molar-refractivity contribution in [1.29, 1.82) is 0 Å². The molecule has 0 spiro atoms. The van der Waals surface area contributed by atoms with Gasteiger partial charge in [0.15, 0.2) is 0 Å². The van der Waals surface area contributed by atoms with Gasteiger partial charge in [0.05, 0.1) is 0 Å². The van der Waals surface area contributed by atoms with Gasteiger partial charge < -0.3 is 15.1 Å². The van der Waals surface area contributed by atoms with Gasteiger partial charge in [0.2, 0.25) is 0 Å². The van der Waals surface area contributed by atoms with E-state index in [2.05, 4.69) is 17.3 Å². The van der Waals surface area contributed by atoms with Crippen molar-refractivity contribution in [2.24, 2.45) is 5.92 Å². The van der Waals surface area contributed by atoms with Crippen LogP contribution in [-0.2, 0) is 0 Å². The van der Waals surface area contributed by atoms with E-state index in [1.54, 1.807) is 0 Å². The molecule has 0 atom stereocenters. The van der Waals surface area contributed by atoms with Gasteiger partial charge in [-0.05, 0) is 51.7 Å². The highest BCUT2D eigenvalue weighted by atomic mass is 16.2. The van der Waals surface area contributed by atoms with Crippen LogP contribution < -0.4 is 5.32 Å². The molecule has 0 bridgehead atoms. The van der Waals surface area contributed by atoms with Crippen molar-refractivity contribution in [3.63, 3.8) is 0 Å². The van der Waals surface area contributed by atoms with E-state index in [0.29, 0.717) is 5.92 Å². The smallest absolute Gasteiger partial charge is 0.317 e. The highest BCUT2D eigenvalue weighted by Gasteiger charge is 2.19. The van der Waals surface area contributed by atoms with Crippen LogP contribution in [0.1, 0.15) is 38.5 Å². The summed E-state index contributed by atoms with van der Waals surface area (Å²) >= 11 is 0. The summed E-state index contributed by atoms with van der Waals surface area (Å²) < 4.78 is 0. The predicted octanol–water partition coefficient (Wildman–Crippen LogP) is 1.91. The van der Waals surface area contributed by atoms with E-state index in [9.17, 15) is 4.79 Å². The Morgan fingerprint density at radius 1 is 1.06 bits per heavy atom. The number of rotatable bonds is 2. The first-order valence-electron chi connectivity index (χ1n) is 7.47. The maximum Gasteiger partial charge on any atom is 0.317 e. The van der Waals surface area contributed by atoms with E-state index in [1.807, 2.05) is 4.90 Å². The molecule has 4 nitrogen and oxygen atoms in total. The Morgan fingerprint density at radius 2 is 1.67 bits per heavy atom. The molecule has 0 aromatic heterocycles. The van der Waals surface area contributed by atoms with Crippen LogP contribution in [-0.4, -0.2) is 55.6 Å². The number of hydrogen-bond acceptors (Lipinski definition) is 2. The standard InChI is InChI=1S/C14H27N3O/c1-16-10-6-13(7-11-16)12-15-14(18)17-8-4-2-3-5-9-17/h13H,2-12H2,1H3,(H,15,18). The van der Waals surface area contributed by atoms with Crippen LogP contribution in [0.5, 0.6) is 0 Å². The first-order valence-corrected chi connectivity index (χ1v) is 7.47. The molecule has 0 aliphatic carbocycles.